The Morgan fingerprint density at radius 3 is 2.65 bits per heavy atom. The highest BCUT2D eigenvalue weighted by atomic mass is 32.2. The highest BCUT2D eigenvalue weighted by Gasteiger charge is 2.31. The van der Waals surface area contributed by atoms with Gasteiger partial charge in [0.25, 0.3) is 0 Å². The number of aromatic nitrogens is 1. The fourth-order valence-corrected chi connectivity index (χ4v) is 2.15. The predicted molar refractivity (Wildman–Crippen MR) is 62.7 cm³/mol. The van der Waals surface area contributed by atoms with Crippen molar-refractivity contribution < 1.29 is 13.2 Å². The molecule has 0 aliphatic rings. The van der Waals surface area contributed by atoms with Crippen molar-refractivity contribution >= 4 is 17.6 Å². The molecule has 1 aromatic heterocycles. The van der Waals surface area contributed by atoms with E-state index in [0.717, 1.165) is 30.7 Å². The normalized spacial score (nSPS) is 11.6. The van der Waals surface area contributed by atoms with Crippen LogP contribution in [0.5, 0.6) is 0 Å². The Morgan fingerprint density at radius 2 is 2.12 bits per heavy atom. The molecule has 0 aliphatic carbocycles. The topological polar surface area (TPSA) is 50.9 Å². The molecule has 7 heteroatoms. The van der Waals surface area contributed by atoms with Crippen LogP contribution in [0.1, 0.15) is 25.3 Å². The van der Waals surface area contributed by atoms with Crippen molar-refractivity contribution in [2.24, 2.45) is 5.84 Å². The van der Waals surface area contributed by atoms with Crippen LogP contribution in [0.3, 0.4) is 0 Å². The molecule has 0 aromatic carbocycles. The SMILES string of the molecule is CCCCSc1cc(C(F)(F)F)cc(NN)n1. The van der Waals surface area contributed by atoms with E-state index < -0.39 is 11.7 Å². The second-order valence-electron chi connectivity index (χ2n) is 3.42. The van der Waals surface area contributed by atoms with Crippen molar-refractivity contribution in [2.45, 2.75) is 31.0 Å². The maximum absolute atomic E-state index is 12.6. The summed E-state index contributed by atoms with van der Waals surface area (Å²) in [6.45, 7) is 2.02. The molecule has 0 spiro atoms. The fraction of sp³-hybridized carbons (Fsp3) is 0.500. The van der Waals surface area contributed by atoms with E-state index in [4.69, 9.17) is 5.84 Å². The molecule has 1 rings (SSSR count). The number of halogens is 3. The molecule has 1 aromatic rings. The number of hydrogen-bond acceptors (Lipinski definition) is 4. The largest absolute Gasteiger partial charge is 0.416 e. The van der Waals surface area contributed by atoms with E-state index in [9.17, 15) is 13.2 Å². The minimum absolute atomic E-state index is 0.0267. The number of alkyl halides is 3. The number of nitrogen functional groups attached to an aromatic ring is 1. The molecule has 0 radical (unpaired) electrons. The van der Waals surface area contributed by atoms with E-state index in [1.807, 2.05) is 6.92 Å². The smallest absolute Gasteiger partial charge is 0.308 e. The summed E-state index contributed by atoms with van der Waals surface area (Å²) in [7, 11) is 0. The average Bonchev–Trinajstić information content (AvgIpc) is 2.28. The number of rotatable bonds is 5. The van der Waals surface area contributed by atoms with Crippen LogP contribution < -0.4 is 11.3 Å². The lowest BCUT2D eigenvalue weighted by Gasteiger charge is -2.10. The molecule has 3 nitrogen and oxygen atoms in total. The van der Waals surface area contributed by atoms with Crippen LogP contribution >= 0.6 is 11.8 Å². The lowest BCUT2D eigenvalue weighted by molar-refractivity contribution is -0.137. The Morgan fingerprint density at radius 1 is 1.41 bits per heavy atom. The van der Waals surface area contributed by atoms with Crippen LogP contribution in [-0.4, -0.2) is 10.7 Å². The van der Waals surface area contributed by atoms with E-state index in [2.05, 4.69) is 10.4 Å². The van der Waals surface area contributed by atoms with Crippen LogP contribution in [0, 0.1) is 0 Å². The Bertz CT molecular complexity index is 368. The summed E-state index contributed by atoms with van der Waals surface area (Å²) in [5.74, 6) is 5.87. The molecule has 0 saturated carbocycles. The van der Waals surface area contributed by atoms with Gasteiger partial charge in [-0.3, -0.25) is 0 Å². The monoisotopic (exact) mass is 265 g/mol. The maximum Gasteiger partial charge on any atom is 0.416 e. The van der Waals surface area contributed by atoms with Crippen LogP contribution in [0.2, 0.25) is 0 Å². The summed E-state index contributed by atoms with van der Waals surface area (Å²) >= 11 is 1.30. The highest BCUT2D eigenvalue weighted by Crippen LogP contribution is 2.33. The molecule has 0 amide bonds. The lowest BCUT2D eigenvalue weighted by atomic mass is 10.2. The molecule has 1 heterocycles. The van der Waals surface area contributed by atoms with Crippen molar-refractivity contribution in [3.05, 3.63) is 17.7 Å². The summed E-state index contributed by atoms with van der Waals surface area (Å²) < 4.78 is 37.7. The molecule has 0 bridgehead atoms. The summed E-state index contributed by atoms with van der Waals surface area (Å²) in [6, 6.07) is 1.94. The number of nitrogens with one attached hydrogen (secondary N) is 1. The predicted octanol–water partition coefficient (Wildman–Crippen LogP) is 3.28. The van der Waals surface area contributed by atoms with Gasteiger partial charge in [-0.25, -0.2) is 10.8 Å². The average molecular weight is 265 g/mol. The summed E-state index contributed by atoms with van der Waals surface area (Å²) in [5, 5.41) is 0.334. The molecule has 17 heavy (non-hydrogen) atoms. The van der Waals surface area contributed by atoms with Crippen molar-refractivity contribution in [3.8, 4) is 0 Å². The van der Waals surface area contributed by atoms with E-state index in [0.29, 0.717) is 5.03 Å². The fourth-order valence-electron chi connectivity index (χ4n) is 1.14. The third kappa shape index (κ3) is 4.43. The molecular formula is C10H14F3N3S. The molecule has 96 valence electrons. The number of pyridine rings is 1. The van der Waals surface area contributed by atoms with Gasteiger partial charge in [-0.15, -0.1) is 11.8 Å². The van der Waals surface area contributed by atoms with Crippen LogP contribution in [0.4, 0.5) is 19.0 Å². The van der Waals surface area contributed by atoms with Crippen molar-refractivity contribution in [1.29, 1.82) is 0 Å². The number of hydrogen-bond donors (Lipinski definition) is 2. The quantitative estimate of drug-likeness (QED) is 0.371. The van der Waals surface area contributed by atoms with E-state index in [-0.39, 0.29) is 5.82 Å². The van der Waals surface area contributed by atoms with Crippen LogP contribution in [0.15, 0.2) is 17.2 Å². The first-order valence-corrected chi connectivity index (χ1v) is 6.14. The lowest BCUT2D eigenvalue weighted by Crippen LogP contribution is -2.12. The Balaban J connectivity index is 2.89. The van der Waals surface area contributed by atoms with Gasteiger partial charge in [0, 0.05) is 0 Å². The standard InChI is InChI=1S/C10H14F3N3S/c1-2-3-4-17-9-6-7(10(11,12)13)5-8(15-9)16-14/h5-6H,2-4,14H2,1H3,(H,15,16). The maximum atomic E-state index is 12.6. The van der Waals surface area contributed by atoms with Crippen LogP contribution in [-0.2, 0) is 6.18 Å². The van der Waals surface area contributed by atoms with Gasteiger partial charge in [-0.2, -0.15) is 13.2 Å². The Labute approximate surface area is 102 Å². The molecule has 0 unspecified atom stereocenters. The zero-order chi connectivity index (χ0) is 12.9. The molecule has 0 fully saturated rings. The molecule has 3 N–H and O–H groups in total. The number of nitrogens with zero attached hydrogens (tertiary/aromatic N) is 1. The minimum Gasteiger partial charge on any atom is -0.308 e. The van der Waals surface area contributed by atoms with E-state index in [1.165, 1.54) is 11.8 Å². The van der Waals surface area contributed by atoms with Crippen LogP contribution in [0.25, 0.3) is 0 Å². The summed E-state index contributed by atoms with van der Waals surface area (Å²) in [5.41, 5.74) is 1.41. The Kier molecular flexibility index (Phi) is 5.07. The molecule has 0 saturated heterocycles. The second-order valence-corrected chi connectivity index (χ2v) is 4.54. The molecule has 0 aliphatic heterocycles. The van der Waals surface area contributed by atoms with Gasteiger partial charge >= 0.3 is 6.18 Å². The first-order chi connectivity index (χ1) is 7.97. The zero-order valence-electron chi connectivity index (χ0n) is 9.34. The van der Waals surface area contributed by atoms with Gasteiger partial charge in [0.2, 0.25) is 0 Å². The molecule has 0 atom stereocenters. The molecular weight excluding hydrogens is 251 g/mol. The minimum atomic E-state index is -4.38. The number of thioether (sulfide) groups is 1. The van der Waals surface area contributed by atoms with E-state index in [1.54, 1.807) is 0 Å². The van der Waals surface area contributed by atoms with Gasteiger partial charge in [0.05, 0.1) is 10.6 Å². The van der Waals surface area contributed by atoms with Gasteiger partial charge in [0.15, 0.2) is 0 Å². The number of hydrazine groups is 1. The first kappa shape index (κ1) is 14.1. The highest BCUT2D eigenvalue weighted by molar-refractivity contribution is 7.99. The van der Waals surface area contributed by atoms with Crippen molar-refractivity contribution in [2.75, 3.05) is 11.2 Å². The van der Waals surface area contributed by atoms with Crippen molar-refractivity contribution in [3.63, 3.8) is 0 Å². The zero-order valence-corrected chi connectivity index (χ0v) is 10.2. The van der Waals surface area contributed by atoms with Gasteiger partial charge < -0.3 is 5.43 Å². The third-order valence-electron chi connectivity index (χ3n) is 2.02. The summed E-state index contributed by atoms with van der Waals surface area (Å²) in [6.07, 6.45) is -2.45. The van der Waals surface area contributed by atoms with Gasteiger partial charge in [-0.05, 0) is 24.3 Å². The summed E-state index contributed by atoms with van der Waals surface area (Å²) in [4.78, 5) is 3.96. The number of anilines is 1. The van der Waals surface area contributed by atoms with Gasteiger partial charge in [-0.1, -0.05) is 13.3 Å². The third-order valence-corrected chi connectivity index (χ3v) is 3.02. The van der Waals surface area contributed by atoms with E-state index >= 15 is 0 Å². The Hall–Kier alpha value is -0.950. The first-order valence-electron chi connectivity index (χ1n) is 5.16. The van der Waals surface area contributed by atoms with Gasteiger partial charge in [0.1, 0.15) is 5.82 Å². The second kappa shape index (κ2) is 6.11. The number of nitrogens with two attached hydrogens (primary N) is 1. The number of unbranched alkanes of at least 4 members (excludes halogenated alkanes) is 1. The van der Waals surface area contributed by atoms with Crippen molar-refractivity contribution in [1.82, 2.24) is 4.98 Å².